The van der Waals surface area contributed by atoms with Crippen molar-refractivity contribution in [3.63, 3.8) is 0 Å². The quantitative estimate of drug-likeness (QED) is 0.926. The van der Waals surface area contributed by atoms with Gasteiger partial charge in [0.25, 0.3) is 0 Å². The smallest absolute Gasteiger partial charge is 0.0992 e. The lowest BCUT2D eigenvalue weighted by atomic mass is 9.93. The van der Waals surface area contributed by atoms with Crippen molar-refractivity contribution in [2.75, 3.05) is 12.4 Å². The molecule has 3 nitrogen and oxygen atoms in total. The molecule has 4 heteroatoms. The highest BCUT2D eigenvalue weighted by molar-refractivity contribution is 9.10. The van der Waals surface area contributed by atoms with E-state index in [4.69, 9.17) is 10.00 Å². The number of anilines is 1. The van der Waals surface area contributed by atoms with Gasteiger partial charge < -0.3 is 10.1 Å². The maximum absolute atomic E-state index is 8.83. The molecule has 1 aliphatic rings. The van der Waals surface area contributed by atoms with Crippen molar-refractivity contribution >= 4 is 21.6 Å². The molecule has 96 valence electrons. The Morgan fingerprint density at radius 3 is 2.61 bits per heavy atom. The van der Waals surface area contributed by atoms with E-state index in [1.165, 1.54) is 0 Å². The molecule has 0 amide bonds. The second kappa shape index (κ2) is 6.21. The van der Waals surface area contributed by atoms with Gasteiger partial charge in [-0.2, -0.15) is 5.26 Å². The molecular formula is C14H17BrN2O. The number of nitriles is 1. The van der Waals surface area contributed by atoms with Gasteiger partial charge in [-0.3, -0.25) is 0 Å². The number of hydrogen-bond donors (Lipinski definition) is 1. The molecule has 2 rings (SSSR count). The first kappa shape index (κ1) is 13.4. The zero-order valence-corrected chi connectivity index (χ0v) is 12.0. The summed E-state index contributed by atoms with van der Waals surface area (Å²) in [5.41, 5.74) is 1.74. The minimum absolute atomic E-state index is 0.424. The number of nitrogens with zero attached hydrogens (tertiary/aromatic N) is 1. The molecule has 0 spiro atoms. The highest BCUT2D eigenvalue weighted by Crippen LogP contribution is 2.28. The van der Waals surface area contributed by atoms with Crippen LogP contribution >= 0.6 is 15.9 Å². The summed E-state index contributed by atoms with van der Waals surface area (Å²) < 4.78 is 6.32. The first-order valence-corrected chi connectivity index (χ1v) is 7.01. The van der Waals surface area contributed by atoms with Gasteiger partial charge in [0, 0.05) is 23.3 Å². The Kier molecular flexibility index (Phi) is 4.62. The Morgan fingerprint density at radius 2 is 2.06 bits per heavy atom. The molecule has 1 saturated carbocycles. The molecule has 0 saturated heterocycles. The van der Waals surface area contributed by atoms with Gasteiger partial charge >= 0.3 is 0 Å². The van der Waals surface area contributed by atoms with E-state index in [0.717, 1.165) is 35.8 Å². The summed E-state index contributed by atoms with van der Waals surface area (Å²) in [5.74, 6) is 0. The van der Waals surface area contributed by atoms with Gasteiger partial charge in [0.05, 0.1) is 17.7 Å². The highest BCUT2D eigenvalue weighted by Gasteiger charge is 2.20. The molecule has 0 aromatic heterocycles. The van der Waals surface area contributed by atoms with Gasteiger partial charge in [-0.1, -0.05) is 0 Å². The van der Waals surface area contributed by atoms with Crippen LogP contribution in [0.3, 0.4) is 0 Å². The van der Waals surface area contributed by atoms with E-state index in [-0.39, 0.29) is 0 Å². The molecule has 18 heavy (non-hydrogen) atoms. The molecule has 0 heterocycles. The Hall–Kier alpha value is -1.05. The van der Waals surface area contributed by atoms with Gasteiger partial charge in [-0.05, 0) is 59.8 Å². The molecular weight excluding hydrogens is 292 g/mol. The fraction of sp³-hybridized carbons (Fsp3) is 0.500. The predicted octanol–water partition coefficient (Wildman–Crippen LogP) is 3.69. The third-order valence-electron chi connectivity index (χ3n) is 3.47. The van der Waals surface area contributed by atoms with Crippen LogP contribution in [0.4, 0.5) is 5.69 Å². The van der Waals surface area contributed by atoms with Crippen molar-refractivity contribution in [3.05, 3.63) is 28.2 Å². The van der Waals surface area contributed by atoms with Crippen LogP contribution in [0.2, 0.25) is 0 Å². The molecule has 0 atom stereocenters. The largest absolute Gasteiger partial charge is 0.381 e. The Labute approximate surface area is 116 Å². The number of nitrogens with one attached hydrogen (secondary N) is 1. The van der Waals surface area contributed by atoms with Gasteiger partial charge in [0.2, 0.25) is 0 Å². The van der Waals surface area contributed by atoms with E-state index in [1.54, 1.807) is 7.11 Å². The van der Waals surface area contributed by atoms with E-state index >= 15 is 0 Å². The maximum atomic E-state index is 8.83. The van der Waals surface area contributed by atoms with Crippen LogP contribution in [0.25, 0.3) is 0 Å². The van der Waals surface area contributed by atoms with Crippen molar-refractivity contribution in [2.24, 2.45) is 0 Å². The summed E-state index contributed by atoms with van der Waals surface area (Å²) in [7, 11) is 1.79. The zero-order chi connectivity index (χ0) is 13.0. The Balaban J connectivity index is 1.96. The topological polar surface area (TPSA) is 45.0 Å². The average Bonchev–Trinajstić information content (AvgIpc) is 2.42. The van der Waals surface area contributed by atoms with Crippen LogP contribution in [-0.4, -0.2) is 19.3 Å². The van der Waals surface area contributed by atoms with Crippen LogP contribution in [0.15, 0.2) is 22.7 Å². The lowest BCUT2D eigenvalue weighted by Crippen LogP contribution is -2.29. The number of methoxy groups -OCH3 is 1. The van der Waals surface area contributed by atoms with E-state index < -0.39 is 0 Å². The van der Waals surface area contributed by atoms with Gasteiger partial charge in [-0.25, -0.2) is 0 Å². The van der Waals surface area contributed by atoms with Gasteiger partial charge in [0.15, 0.2) is 0 Å². The van der Waals surface area contributed by atoms with Crippen LogP contribution in [-0.2, 0) is 4.74 Å². The van der Waals surface area contributed by atoms with Crippen LogP contribution < -0.4 is 5.32 Å². The van der Waals surface area contributed by atoms with Gasteiger partial charge in [-0.15, -0.1) is 0 Å². The normalized spacial score (nSPS) is 23.4. The maximum Gasteiger partial charge on any atom is 0.0992 e. The number of benzene rings is 1. The number of hydrogen-bond acceptors (Lipinski definition) is 3. The molecule has 0 unspecified atom stereocenters. The van der Waals surface area contributed by atoms with E-state index in [0.29, 0.717) is 17.7 Å². The Bertz CT molecular complexity index is 448. The molecule has 1 aromatic carbocycles. The van der Waals surface area contributed by atoms with Crippen molar-refractivity contribution in [1.82, 2.24) is 0 Å². The van der Waals surface area contributed by atoms with Crippen LogP contribution in [0, 0.1) is 11.3 Å². The Morgan fingerprint density at radius 1 is 1.33 bits per heavy atom. The number of rotatable bonds is 3. The monoisotopic (exact) mass is 308 g/mol. The van der Waals surface area contributed by atoms with Crippen LogP contribution in [0.5, 0.6) is 0 Å². The average molecular weight is 309 g/mol. The zero-order valence-electron chi connectivity index (χ0n) is 10.4. The minimum Gasteiger partial charge on any atom is -0.381 e. The minimum atomic E-state index is 0.424. The summed E-state index contributed by atoms with van der Waals surface area (Å²) in [5, 5.41) is 12.4. The second-order valence-electron chi connectivity index (χ2n) is 4.66. The summed E-state index contributed by atoms with van der Waals surface area (Å²) in [6.07, 6.45) is 4.91. The van der Waals surface area contributed by atoms with E-state index in [1.807, 2.05) is 18.2 Å². The molecule has 0 radical (unpaired) electrons. The SMILES string of the molecule is COC1CCC(Nc2ccc(C#N)cc2Br)CC1. The summed E-state index contributed by atoms with van der Waals surface area (Å²) >= 11 is 3.50. The molecule has 1 fully saturated rings. The van der Waals surface area contributed by atoms with Gasteiger partial charge in [0.1, 0.15) is 0 Å². The first-order chi connectivity index (χ1) is 8.72. The fourth-order valence-electron chi connectivity index (χ4n) is 2.36. The van der Waals surface area contributed by atoms with Crippen molar-refractivity contribution < 1.29 is 4.74 Å². The third kappa shape index (κ3) is 3.24. The van der Waals surface area contributed by atoms with E-state index in [2.05, 4.69) is 27.3 Å². The summed E-state index contributed by atoms with van der Waals surface area (Å²) in [4.78, 5) is 0. The molecule has 1 N–H and O–H groups in total. The summed E-state index contributed by atoms with van der Waals surface area (Å²) in [6.45, 7) is 0. The lowest BCUT2D eigenvalue weighted by Gasteiger charge is -2.29. The van der Waals surface area contributed by atoms with Crippen LogP contribution in [0.1, 0.15) is 31.2 Å². The predicted molar refractivity (Wildman–Crippen MR) is 75.5 cm³/mol. The van der Waals surface area contributed by atoms with Crippen molar-refractivity contribution in [3.8, 4) is 6.07 Å². The standard InChI is InChI=1S/C14H17BrN2O/c1-18-12-5-3-11(4-6-12)17-14-7-2-10(9-16)8-13(14)15/h2,7-8,11-12,17H,3-6H2,1H3. The highest BCUT2D eigenvalue weighted by atomic mass is 79.9. The molecule has 1 aliphatic carbocycles. The van der Waals surface area contributed by atoms with E-state index in [9.17, 15) is 0 Å². The molecule has 0 aliphatic heterocycles. The number of ether oxygens (including phenoxy) is 1. The van der Waals surface area contributed by atoms with Crippen molar-refractivity contribution in [2.45, 2.75) is 37.8 Å². The lowest BCUT2D eigenvalue weighted by molar-refractivity contribution is 0.0682. The molecule has 0 bridgehead atoms. The summed E-state index contributed by atoms with van der Waals surface area (Å²) in [6, 6.07) is 8.29. The van der Waals surface area contributed by atoms with Crippen molar-refractivity contribution in [1.29, 1.82) is 5.26 Å². The first-order valence-electron chi connectivity index (χ1n) is 6.22. The number of halogens is 1. The molecule has 1 aromatic rings. The third-order valence-corrected chi connectivity index (χ3v) is 4.12. The fourth-order valence-corrected chi connectivity index (χ4v) is 2.86. The second-order valence-corrected chi connectivity index (χ2v) is 5.51.